The summed E-state index contributed by atoms with van der Waals surface area (Å²) in [6.45, 7) is 9.00. The van der Waals surface area contributed by atoms with Crippen LogP contribution in [0.4, 0.5) is 10.5 Å². The second-order valence-electron chi connectivity index (χ2n) is 7.18. The molecule has 1 aromatic rings. The standard InChI is InChI=1S/C18H29N3O3/c1-18(2,3)24-17(22)20-15-7-9-21(10-8-15)11-12-23-16-6-4-5-14(19)13-16/h4-6,13,15H,7-12,19H2,1-3H3,(H,20,22). The van der Waals surface area contributed by atoms with Gasteiger partial charge in [-0.15, -0.1) is 0 Å². The lowest BCUT2D eigenvalue weighted by Crippen LogP contribution is -2.46. The number of nitrogen functional groups attached to an aromatic ring is 1. The van der Waals surface area contributed by atoms with E-state index in [-0.39, 0.29) is 12.1 Å². The number of rotatable bonds is 5. The van der Waals surface area contributed by atoms with Crippen molar-refractivity contribution in [3.8, 4) is 5.75 Å². The van der Waals surface area contributed by atoms with Crippen LogP contribution in [0.1, 0.15) is 33.6 Å². The van der Waals surface area contributed by atoms with Gasteiger partial charge < -0.3 is 20.5 Å². The minimum absolute atomic E-state index is 0.186. The largest absolute Gasteiger partial charge is 0.492 e. The first-order chi connectivity index (χ1) is 11.3. The summed E-state index contributed by atoms with van der Waals surface area (Å²) in [5, 5.41) is 2.95. The molecule has 1 amide bonds. The second kappa shape index (κ2) is 8.24. The van der Waals surface area contributed by atoms with Crippen LogP contribution in [0.3, 0.4) is 0 Å². The number of nitrogens with one attached hydrogen (secondary N) is 1. The van der Waals surface area contributed by atoms with E-state index in [0.717, 1.165) is 38.2 Å². The van der Waals surface area contributed by atoms with Crippen molar-refractivity contribution in [2.24, 2.45) is 0 Å². The van der Waals surface area contributed by atoms with Gasteiger partial charge in [-0.25, -0.2) is 4.79 Å². The minimum Gasteiger partial charge on any atom is -0.492 e. The number of anilines is 1. The van der Waals surface area contributed by atoms with Crippen LogP contribution in [0.5, 0.6) is 5.75 Å². The van der Waals surface area contributed by atoms with E-state index in [1.54, 1.807) is 0 Å². The maximum Gasteiger partial charge on any atom is 0.407 e. The lowest BCUT2D eigenvalue weighted by atomic mass is 10.1. The van der Waals surface area contributed by atoms with Crippen LogP contribution in [0, 0.1) is 0 Å². The van der Waals surface area contributed by atoms with Crippen LogP contribution in [-0.4, -0.2) is 48.9 Å². The Labute approximate surface area is 144 Å². The number of alkyl carbamates (subject to hydrolysis) is 1. The third-order valence-electron chi connectivity index (χ3n) is 3.84. The number of hydrogen-bond acceptors (Lipinski definition) is 5. The second-order valence-corrected chi connectivity index (χ2v) is 7.18. The zero-order valence-corrected chi connectivity index (χ0v) is 14.9. The third-order valence-corrected chi connectivity index (χ3v) is 3.84. The van der Waals surface area contributed by atoms with Crippen molar-refractivity contribution in [1.82, 2.24) is 10.2 Å². The number of carbonyl (C=O) groups excluding carboxylic acids is 1. The molecule has 0 radical (unpaired) electrons. The van der Waals surface area contributed by atoms with Gasteiger partial charge in [0.15, 0.2) is 0 Å². The van der Waals surface area contributed by atoms with Crippen LogP contribution in [0.25, 0.3) is 0 Å². The van der Waals surface area contributed by atoms with Gasteiger partial charge in [0.1, 0.15) is 18.0 Å². The average Bonchev–Trinajstić information content (AvgIpc) is 2.47. The summed E-state index contributed by atoms with van der Waals surface area (Å²) in [4.78, 5) is 14.1. The van der Waals surface area contributed by atoms with Crippen LogP contribution in [-0.2, 0) is 4.74 Å². The van der Waals surface area contributed by atoms with Gasteiger partial charge in [0.2, 0.25) is 0 Å². The summed E-state index contributed by atoms with van der Waals surface area (Å²) < 4.78 is 11.0. The van der Waals surface area contributed by atoms with Crippen molar-refractivity contribution in [2.45, 2.75) is 45.3 Å². The van der Waals surface area contributed by atoms with E-state index in [0.29, 0.717) is 12.3 Å². The van der Waals surface area contributed by atoms with Crippen LogP contribution < -0.4 is 15.8 Å². The number of carbonyl (C=O) groups is 1. The van der Waals surface area contributed by atoms with Gasteiger partial charge in [-0.1, -0.05) is 6.07 Å². The van der Waals surface area contributed by atoms with Crippen molar-refractivity contribution < 1.29 is 14.3 Å². The molecule has 0 aliphatic carbocycles. The van der Waals surface area contributed by atoms with Crippen LogP contribution >= 0.6 is 0 Å². The fraction of sp³-hybridized carbons (Fsp3) is 0.611. The lowest BCUT2D eigenvalue weighted by molar-refractivity contribution is 0.0476. The summed E-state index contributed by atoms with van der Waals surface area (Å²) >= 11 is 0. The molecule has 1 heterocycles. The number of nitrogens with zero attached hydrogens (tertiary/aromatic N) is 1. The van der Waals surface area contributed by atoms with Gasteiger partial charge in [-0.3, -0.25) is 4.90 Å². The lowest BCUT2D eigenvalue weighted by Gasteiger charge is -2.32. The highest BCUT2D eigenvalue weighted by atomic mass is 16.6. The summed E-state index contributed by atoms with van der Waals surface area (Å²) in [5.41, 5.74) is 5.99. The van der Waals surface area contributed by atoms with E-state index in [4.69, 9.17) is 15.2 Å². The molecule has 24 heavy (non-hydrogen) atoms. The fourth-order valence-electron chi connectivity index (χ4n) is 2.67. The predicted molar refractivity (Wildman–Crippen MR) is 95.2 cm³/mol. The van der Waals surface area contributed by atoms with E-state index in [2.05, 4.69) is 10.2 Å². The normalized spacial score (nSPS) is 16.6. The molecule has 6 heteroatoms. The molecule has 1 aliphatic rings. The maximum atomic E-state index is 11.8. The van der Waals surface area contributed by atoms with Gasteiger partial charge in [0.05, 0.1) is 0 Å². The molecule has 1 aliphatic heterocycles. The Morgan fingerprint density at radius 2 is 2.04 bits per heavy atom. The quantitative estimate of drug-likeness (QED) is 0.809. The molecule has 0 spiro atoms. The van der Waals surface area contributed by atoms with Crippen LogP contribution in [0.15, 0.2) is 24.3 Å². The Balaban J connectivity index is 1.63. The van der Waals surface area contributed by atoms with Gasteiger partial charge in [-0.2, -0.15) is 0 Å². The molecule has 1 saturated heterocycles. The van der Waals surface area contributed by atoms with Gasteiger partial charge >= 0.3 is 6.09 Å². The van der Waals surface area contributed by atoms with Gasteiger partial charge in [0.25, 0.3) is 0 Å². The Morgan fingerprint density at radius 3 is 2.67 bits per heavy atom. The molecule has 0 unspecified atom stereocenters. The zero-order chi connectivity index (χ0) is 17.6. The van der Waals surface area contributed by atoms with Gasteiger partial charge in [0, 0.05) is 37.4 Å². The molecule has 134 valence electrons. The summed E-state index contributed by atoms with van der Waals surface area (Å²) in [6, 6.07) is 7.66. The fourth-order valence-corrected chi connectivity index (χ4v) is 2.67. The Hall–Kier alpha value is -1.95. The van der Waals surface area contributed by atoms with Crippen LogP contribution in [0.2, 0.25) is 0 Å². The van der Waals surface area contributed by atoms with Crippen molar-refractivity contribution in [3.63, 3.8) is 0 Å². The molecular weight excluding hydrogens is 306 g/mol. The van der Waals surface area contributed by atoms with E-state index in [9.17, 15) is 4.79 Å². The number of ether oxygens (including phenoxy) is 2. The number of benzene rings is 1. The number of nitrogens with two attached hydrogens (primary N) is 1. The molecule has 0 atom stereocenters. The Morgan fingerprint density at radius 1 is 1.33 bits per heavy atom. The Bertz CT molecular complexity index is 535. The molecule has 6 nitrogen and oxygen atoms in total. The summed E-state index contributed by atoms with van der Waals surface area (Å²) in [5.74, 6) is 0.802. The number of hydrogen-bond donors (Lipinski definition) is 2. The average molecular weight is 335 g/mol. The molecule has 3 N–H and O–H groups in total. The molecule has 2 rings (SSSR count). The maximum absolute atomic E-state index is 11.8. The number of amides is 1. The first kappa shape index (κ1) is 18.4. The van der Waals surface area contributed by atoms with Gasteiger partial charge in [-0.05, 0) is 45.7 Å². The molecular formula is C18H29N3O3. The highest BCUT2D eigenvalue weighted by Crippen LogP contribution is 2.15. The summed E-state index contributed by atoms with van der Waals surface area (Å²) in [6.07, 6.45) is 1.53. The topological polar surface area (TPSA) is 76.8 Å². The van der Waals surface area contributed by atoms with E-state index in [1.807, 2.05) is 45.0 Å². The smallest absolute Gasteiger partial charge is 0.407 e. The number of likely N-dealkylation sites (tertiary alicyclic amines) is 1. The molecule has 1 aromatic carbocycles. The highest BCUT2D eigenvalue weighted by Gasteiger charge is 2.23. The van der Waals surface area contributed by atoms with E-state index < -0.39 is 5.60 Å². The van der Waals surface area contributed by atoms with Crippen molar-refractivity contribution in [3.05, 3.63) is 24.3 Å². The molecule has 0 bridgehead atoms. The molecule has 0 saturated carbocycles. The predicted octanol–water partition coefficient (Wildman–Crippen LogP) is 2.64. The number of piperidine rings is 1. The minimum atomic E-state index is -0.455. The van der Waals surface area contributed by atoms with Crippen molar-refractivity contribution in [1.29, 1.82) is 0 Å². The van der Waals surface area contributed by atoms with Crippen molar-refractivity contribution in [2.75, 3.05) is 32.0 Å². The zero-order valence-electron chi connectivity index (χ0n) is 14.9. The molecule has 1 fully saturated rings. The van der Waals surface area contributed by atoms with E-state index >= 15 is 0 Å². The monoisotopic (exact) mass is 335 g/mol. The third kappa shape index (κ3) is 6.66. The molecule has 0 aromatic heterocycles. The first-order valence-corrected chi connectivity index (χ1v) is 8.52. The highest BCUT2D eigenvalue weighted by molar-refractivity contribution is 5.68. The Kier molecular flexibility index (Phi) is 6.31. The van der Waals surface area contributed by atoms with E-state index in [1.165, 1.54) is 0 Å². The SMILES string of the molecule is CC(C)(C)OC(=O)NC1CCN(CCOc2cccc(N)c2)CC1. The summed E-state index contributed by atoms with van der Waals surface area (Å²) in [7, 11) is 0. The van der Waals surface area contributed by atoms with Crippen molar-refractivity contribution >= 4 is 11.8 Å². The first-order valence-electron chi connectivity index (χ1n) is 8.52.